The Bertz CT molecular complexity index is 1430. The van der Waals surface area contributed by atoms with Crippen molar-refractivity contribution in [2.24, 2.45) is 4.52 Å². The zero-order valence-electron chi connectivity index (χ0n) is 19.7. The van der Waals surface area contributed by atoms with Crippen LogP contribution in [0.4, 0.5) is 5.95 Å². The standard InChI is InChI=1S/C28H24N4O3P2/c33-37(34-24-14-5-1-6-15-24,35-25-16-7-2-8-17-25)32-36(26-18-9-3-10-19-26,27-20-11-4-12-21-27)31-28-29-22-13-23-30-28/h1-23H,(H,29,30,31). The molecule has 0 bridgehead atoms. The molecule has 0 saturated carbocycles. The van der Waals surface area contributed by atoms with Crippen LogP contribution in [0.3, 0.4) is 0 Å². The number of aromatic nitrogens is 2. The molecule has 0 unspecified atom stereocenters. The van der Waals surface area contributed by atoms with Crippen molar-refractivity contribution in [3.8, 4) is 11.5 Å². The van der Waals surface area contributed by atoms with Crippen LogP contribution in [0, 0.1) is 0 Å². The molecule has 1 heterocycles. The summed E-state index contributed by atoms with van der Waals surface area (Å²) in [5.41, 5.74) is 0. The van der Waals surface area contributed by atoms with Gasteiger partial charge >= 0.3 is 7.75 Å². The number of rotatable bonds is 9. The van der Waals surface area contributed by atoms with Crippen molar-refractivity contribution < 1.29 is 13.6 Å². The van der Waals surface area contributed by atoms with Crippen LogP contribution in [-0.2, 0) is 4.57 Å². The highest BCUT2D eigenvalue weighted by Gasteiger charge is 2.36. The van der Waals surface area contributed by atoms with Crippen LogP contribution < -0.4 is 24.7 Å². The first-order chi connectivity index (χ1) is 18.2. The van der Waals surface area contributed by atoms with Crippen LogP contribution >= 0.6 is 15.0 Å². The summed E-state index contributed by atoms with van der Waals surface area (Å²) in [6.45, 7) is 0. The highest BCUT2D eigenvalue weighted by atomic mass is 31.2. The molecule has 0 aliphatic heterocycles. The van der Waals surface area contributed by atoms with Gasteiger partial charge in [0.05, 0.1) is 0 Å². The fourth-order valence-corrected chi connectivity index (χ4v) is 9.24. The highest BCUT2D eigenvalue weighted by molar-refractivity contribution is 7.85. The lowest BCUT2D eigenvalue weighted by Crippen LogP contribution is -2.23. The Labute approximate surface area is 215 Å². The minimum atomic E-state index is -4.20. The molecular weight excluding hydrogens is 502 g/mol. The van der Waals surface area contributed by atoms with Gasteiger partial charge in [-0.3, -0.25) is 0 Å². The first-order valence-corrected chi connectivity index (χ1v) is 14.8. The van der Waals surface area contributed by atoms with Gasteiger partial charge < -0.3 is 14.1 Å². The zero-order chi connectivity index (χ0) is 25.4. The Hall–Kier alpha value is -4.18. The molecule has 0 fully saturated rings. The summed E-state index contributed by atoms with van der Waals surface area (Å²) < 4.78 is 31.7. The summed E-state index contributed by atoms with van der Waals surface area (Å²) >= 11 is 0. The van der Waals surface area contributed by atoms with Crippen LogP contribution in [0.15, 0.2) is 144 Å². The number of nitrogens with zero attached hydrogens (tertiary/aromatic N) is 3. The number of nitrogens with one attached hydrogen (secondary N) is 1. The number of anilines is 1. The summed E-state index contributed by atoms with van der Waals surface area (Å²) in [5.74, 6) is 1.10. The Morgan fingerprint density at radius 1 is 0.568 bits per heavy atom. The van der Waals surface area contributed by atoms with Crippen LogP contribution in [0.25, 0.3) is 0 Å². The van der Waals surface area contributed by atoms with Crippen LogP contribution in [-0.4, -0.2) is 9.97 Å². The maximum atomic E-state index is 14.6. The number of hydrogen-bond donors (Lipinski definition) is 1. The Balaban J connectivity index is 1.78. The SMILES string of the molecule is O=P(N=P(Nc1ncccn1)(c1ccccc1)c1ccccc1)(Oc1ccccc1)Oc1ccccc1. The highest BCUT2D eigenvalue weighted by Crippen LogP contribution is 2.61. The van der Waals surface area contributed by atoms with Crippen LogP contribution in [0.5, 0.6) is 11.5 Å². The Kier molecular flexibility index (Phi) is 7.46. The van der Waals surface area contributed by atoms with E-state index in [1.165, 1.54) is 0 Å². The average molecular weight is 526 g/mol. The lowest BCUT2D eigenvalue weighted by atomic mass is 10.3. The predicted molar refractivity (Wildman–Crippen MR) is 149 cm³/mol. The normalized spacial score (nSPS) is 11.4. The molecular formula is C28H24N4O3P2. The number of para-hydroxylation sites is 2. The summed E-state index contributed by atoms with van der Waals surface area (Å²) in [4.78, 5) is 8.77. The van der Waals surface area contributed by atoms with Gasteiger partial charge in [-0.25, -0.2) is 14.5 Å². The molecule has 0 amide bonds. The summed E-state index contributed by atoms with van der Waals surface area (Å²) in [5, 5.41) is 5.06. The van der Waals surface area contributed by atoms with E-state index in [4.69, 9.17) is 13.6 Å². The smallest absolute Gasteiger partial charge is 0.399 e. The number of hydrogen-bond acceptors (Lipinski definition) is 5. The molecule has 1 aromatic heterocycles. The second kappa shape index (κ2) is 11.3. The molecule has 0 aliphatic rings. The van der Waals surface area contributed by atoms with E-state index < -0.39 is 15.0 Å². The van der Waals surface area contributed by atoms with E-state index in [0.717, 1.165) is 10.6 Å². The van der Waals surface area contributed by atoms with Crippen molar-refractivity contribution in [1.82, 2.24) is 9.97 Å². The zero-order valence-corrected chi connectivity index (χ0v) is 21.5. The van der Waals surface area contributed by atoms with E-state index in [0.29, 0.717) is 17.4 Å². The molecule has 0 radical (unpaired) electrons. The van der Waals surface area contributed by atoms with Gasteiger partial charge in [-0.15, -0.1) is 4.52 Å². The molecule has 184 valence electrons. The second-order valence-corrected chi connectivity index (χ2v) is 12.4. The summed E-state index contributed by atoms with van der Waals surface area (Å²) in [6.07, 6.45) is 3.28. The molecule has 1 N–H and O–H groups in total. The minimum absolute atomic E-state index is 0.346. The van der Waals surface area contributed by atoms with E-state index in [-0.39, 0.29) is 0 Å². The van der Waals surface area contributed by atoms with Gasteiger partial charge in [0.25, 0.3) is 0 Å². The third-order valence-electron chi connectivity index (χ3n) is 5.26. The Morgan fingerprint density at radius 3 is 1.41 bits per heavy atom. The average Bonchev–Trinajstić information content (AvgIpc) is 2.95. The molecule has 7 nitrogen and oxygen atoms in total. The van der Waals surface area contributed by atoms with E-state index in [9.17, 15) is 4.57 Å². The monoisotopic (exact) mass is 526 g/mol. The lowest BCUT2D eigenvalue weighted by Gasteiger charge is -2.28. The molecule has 0 spiro atoms. The third kappa shape index (κ3) is 5.97. The maximum Gasteiger partial charge on any atom is 0.564 e. The van der Waals surface area contributed by atoms with Gasteiger partial charge in [0.15, 0.2) is 0 Å². The van der Waals surface area contributed by atoms with Crippen molar-refractivity contribution in [2.45, 2.75) is 0 Å². The minimum Gasteiger partial charge on any atom is -0.399 e. The van der Waals surface area contributed by atoms with Gasteiger partial charge in [0, 0.05) is 23.0 Å². The molecule has 0 aliphatic carbocycles. The van der Waals surface area contributed by atoms with Gasteiger partial charge in [-0.2, -0.15) is 0 Å². The van der Waals surface area contributed by atoms with Crippen molar-refractivity contribution in [2.75, 3.05) is 5.09 Å². The fraction of sp³-hybridized carbons (Fsp3) is 0. The number of benzene rings is 4. The van der Waals surface area contributed by atoms with Gasteiger partial charge in [0.1, 0.15) is 18.7 Å². The molecule has 0 saturated heterocycles. The lowest BCUT2D eigenvalue weighted by molar-refractivity contribution is 0.388. The van der Waals surface area contributed by atoms with Crippen molar-refractivity contribution in [3.63, 3.8) is 0 Å². The molecule has 5 rings (SSSR count). The van der Waals surface area contributed by atoms with Crippen molar-refractivity contribution in [3.05, 3.63) is 140 Å². The Morgan fingerprint density at radius 2 is 0.973 bits per heavy atom. The third-order valence-corrected chi connectivity index (χ3v) is 10.7. The van der Waals surface area contributed by atoms with Gasteiger partial charge in [-0.05, 0) is 30.3 Å². The molecule has 9 heteroatoms. The van der Waals surface area contributed by atoms with E-state index >= 15 is 0 Å². The molecule has 0 atom stereocenters. The van der Waals surface area contributed by atoms with Crippen molar-refractivity contribution in [1.29, 1.82) is 0 Å². The topological polar surface area (TPSA) is 85.7 Å². The second-order valence-electron chi connectivity index (χ2n) is 7.86. The summed E-state index contributed by atoms with van der Waals surface area (Å²) in [6, 6.07) is 38.8. The van der Waals surface area contributed by atoms with E-state index in [2.05, 4.69) is 15.1 Å². The predicted octanol–water partition coefficient (Wildman–Crippen LogP) is 6.92. The van der Waals surface area contributed by atoms with E-state index in [1.54, 1.807) is 67.0 Å². The molecule has 5 aromatic rings. The van der Waals surface area contributed by atoms with Gasteiger partial charge in [-0.1, -0.05) is 97.1 Å². The van der Waals surface area contributed by atoms with Crippen LogP contribution in [0.1, 0.15) is 0 Å². The quantitative estimate of drug-likeness (QED) is 0.210. The van der Waals surface area contributed by atoms with Gasteiger partial charge in [0.2, 0.25) is 5.95 Å². The largest absolute Gasteiger partial charge is 0.564 e. The first kappa shape index (κ1) is 24.5. The van der Waals surface area contributed by atoms with Crippen LogP contribution in [0.2, 0.25) is 0 Å². The summed E-state index contributed by atoms with van der Waals surface area (Å²) in [7, 11) is -7.28. The maximum absolute atomic E-state index is 14.6. The van der Waals surface area contributed by atoms with Crippen molar-refractivity contribution >= 4 is 31.5 Å². The fourth-order valence-electron chi connectivity index (χ4n) is 3.64. The first-order valence-electron chi connectivity index (χ1n) is 11.5. The van der Waals surface area contributed by atoms with E-state index in [1.807, 2.05) is 72.8 Å². The molecule has 4 aromatic carbocycles. The molecule has 37 heavy (non-hydrogen) atoms.